The minimum atomic E-state index is -3.04. The molecule has 1 amide bonds. The van der Waals surface area contributed by atoms with Gasteiger partial charge in [0.1, 0.15) is 0 Å². The maximum atomic E-state index is 12.8. The number of nitrogens with two attached hydrogens (primary N) is 1. The highest BCUT2D eigenvalue weighted by molar-refractivity contribution is 14.1. The monoisotopic (exact) mass is 390 g/mol. The molecule has 0 aliphatic carbocycles. The van der Waals surface area contributed by atoms with E-state index in [1.165, 1.54) is 0 Å². The first kappa shape index (κ1) is 17.5. The lowest BCUT2D eigenvalue weighted by Crippen LogP contribution is -2.42. The van der Waals surface area contributed by atoms with Crippen LogP contribution in [0.3, 0.4) is 0 Å². The van der Waals surface area contributed by atoms with E-state index in [2.05, 4.69) is 27.9 Å². The van der Waals surface area contributed by atoms with E-state index in [1.54, 1.807) is 6.07 Å². The summed E-state index contributed by atoms with van der Waals surface area (Å²) in [7, 11) is 0. The van der Waals surface area contributed by atoms with Gasteiger partial charge in [-0.1, -0.05) is 12.1 Å². The standard InChI is InChI=1S/C11H13F2IN2O.ClH/c12-11(13,6-15)7-16-10(17)5-8-2-1-3-9(14)4-8;/h1-4H,5-7,15H2,(H,16,17);1H. The Hall–Kier alpha value is -0.470. The summed E-state index contributed by atoms with van der Waals surface area (Å²) in [5.74, 6) is -3.47. The zero-order chi connectivity index (χ0) is 12.9. The number of rotatable bonds is 5. The van der Waals surface area contributed by atoms with E-state index < -0.39 is 24.9 Å². The number of amides is 1. The highest BCUT2D eigenvalue weighted by atomic mass is 127. The van der Waals surface area contributed by atoms with Crippen LogP contribution in [-0.4, -0.2) is 24.9 Å². The van der Waals surface area contributed by atoms with Crippen LogP contribution in [0, 0.1) is 3.57 Å². The summed E-state index contributed by atoms with van der Waals surface area (Å²) < 4.78 is 26.6. The van der Waals surface area contributed by atoms with Gasteiger partial charge >= 0.3 is 0 Å². The van der Waals surface area contributed by atoms with E-state index in [0.29, 0.717) is 0 Å². The molecule has 0 aromatic heterocycles. The fourth-order valence-electron chi connectivity index (χ4n) is 1.19. The minimum absolute atomic E-state index is 0. The molecular weight excluding hydrogens is 376 g/mol. The number of carbonyl (C=O) groups excluding carboxylic acids is 1. The molecule has 0 aliphatic rings. The number of benzene rings is 1. The molecule has 1 aromatic carbocycles. The van der Waals surface area contributed by atoms with Crippen molar-refractivity contribution in [3.8, 4) is 0 Å². The van der Waals surface area contributed by atoms with Gasteiger partial charge in [-0.25, -0.2) is 8.78 Å². The zero-order valence-corrected chi connectivity index (χ0v) is 12.4. The van der Waals surface area contributed by atoms with Crippen molar-refractivity contribution in [2.45, 2.75) is 12.3 Å². The molecule has 1 aromatic rings. The molecule has 0 unspecified atom stereocenters. The van der Waals surface area contributed by atoms with Gasteiger partial charge < -0.3 is 11.1 Å². The average Bonchev–Trinajstić information content (AvgIpc) is 2.27. The average molecular weight is 391 g/mol. The number of carbonyl (C=O) groups is 1. The third kappa shape index (κ3) is 6.46. The zero-order valence-electron chi connectivity index (χ0n) is 9.46. The Morgan fingerprint density at radius 2 is 2.11 bits per heavy atom. The van der Waals surface area contributed by atoms with Gasteiger partial charge in [0.15, 0.2) is 0 Å². The molecule has 3 nitrogen and oxygen atoms in total. The molecule has 0 aliphatic heterocycles. The topological polar surface area (TPSA) is 55.1 Å². The molecule has 0 saturated heterocycles. The largest absolute Gasteiger partial charge is 0.350 e. The first-order chi connectivity index (χ1) is 7.93. The summed E-state index contributed by atoms with van der Waals surface area (Å²) in [4.78, 5) is 11.4. The van der Waals surface area contributed by atoms with Gasteiger partial charge in [0.2, 0.25) is 5.91 Å². The Morgan fingerprint density at radius 1 is 1.44 bits per heavy atom. The Bertz CT molecular complexity index is 404. The van der Waals surface area contributed by atoms with E-state index in [1.807, 2.05) is 18.2 Å². The van der Waals surface area contributed by atoms with Gasteiger partial charge in [-0.2, -0.15) is 0 Å². The van der Waals surface area contributed by atoms with E-state index in [0.717, 1.165) is 9.13 Å². The Kier molecular flexibility index (Phi) is 7.65. The van der Waals surface area contributed by atoms with Gasteiger partial charge in [0, 0.05) is 3.57 Å². The predicted molar refractivity (Wildman–Crippen MR) is 77.1 cm³/mol. The summed E-state index contributed by atoms with van der Waals surface area (Å²) in [6, 6.07) is 7.33. The number of hydrogen-bond donors (Lipinski definition) is 2. The van der Waals surface area contributed by atoms with Crippen molar-refractivity contribution in [3.05, 3.63) is 33.4 Å². The van der Waals surface area contributed by atoms with Gasteiger partial charge in [-0.15, -0.1) is 12.4 Å². The van der Waals surface area contributed by atoms with E-state index in [4.69, 9.17) is 5.73 Å². The predicted octanol–water partition coefficient (Wildman–Crippen LogP) is 1.97. The van der Waals surface area contributed by atoms with Crippen molar-refractivity contribution >= 4 is 40.9 Å². The smallest absolute Gasteiger partial charge is 0.277 e. The van der Waals surface area contributed by atoms with Gasteiger partial charge in [-0.3, -0.25) is 4.79 Å². The second kappa shape index (κ2) is 7.85. The molecule has 7 heteroatoms. The summed E-state index contributed by atoms with van der Waals surface area (Å²) in [6.45, 7) is -1.48. The minimum Gasteiger partial charge on any atom is -0.350 e. The van der Waals surface area contributed by atoms with Crippen molar-refractivity contribution in [2.24, 2.45) is 5.73 Å². The van der Waals surface area contributed by atoms with Crippen molar-refractivity contribution < 1.29 is 13.6 Å². The van der Waals surface area contributed by atoms with Crippen LogP contribution >= 0.6 is 35.0 Å². The normalized spacial score (nSPS) is 10.7. The van der Waals surface area contributed by atoms with Crippen LogP contribution in [0.5, 0.6) is 0 Å². The van der Waals surface area contributed by atoms with Crippen molar-refractivity contribution in [2.75, 3.05) is 13.1 Å². The number of hydrogen-bond acceptors (Lipinski definition) is 2. The molecule has 0 atom stereocenters. The van der Waals surface area contributed by atoms with Gasteiger partial charge in [-0.05, 0) is 40.3 Å². The highest BCUT2D eigenvalue weighted by Gasteiger charge is 2.26. The second-order valence-electron chi connectivity index (χ2n) is 3.64. The number of alkyl halides is 2. The third-order valence-corrected chi connectivity index (χ3v) is 2.77. The van der Waals surface area contributed by atoms with Crippen LogP contribution < -0.4 is 11.1 Å². The Labute approximate surface area is 124 Å². The fourth-order valence-corrected chi connectivity index (χ4v) is 1.80. The molecule has 3 N–H and O–H groups in total. The van der Waals surface area contributed by atoms with E-state index in [-0.39, 0.29) is 18.8 Å². The molecule has 0 bridgehead atoms. The Balaban J connectivity index is 0.00000289. The molecule has 0 spiro atoms. The van der Waals surface area contributed by atoms with E-state index in [9.17, 15) is 13.6 Å². The molecule has 18 heavy (non-hydrogen) atoms. The quantitative estimate of drug-likeness (QED) is 0.755. The first-order valence-corrected chi connectivity index (χ1v) is 6.10. The van der Waals surface area contributed by atoms with Crippen molar-refractivity contribution in [1.29, 1.82) is 0 Å². The summed E-state index contributed by atoms with van der Waals surface area (Å²) >= 11 is 2.12. The van der Waals surface area contributed by atoms with Crippen molar-refractivity contribution in [3.63, 3.8) is 0 Å². The number of nitrogens with one attached hydrogen (secondary N) is 1. The molecular formula is C11H14ClF2IN2O. The molecule has 1 rings (SSSR count). The lowest BCUT2D eigenvalue weighted by Gasteiger charge is -2.14. The molecule has 102 valence electrons. The molecule has 0 heterocycles. The summed E-state index contributed by atoms with van der Waals surface area (Å²) in [5.41, 5.74) is 5.66. The van der Waals surface area contributed by atoms with Crippen LogP contribution in [0.2, 0.25) is 0 Å². The maximum Gasteiger partial charge on any atom is 0.277 e. The fraction of sp³-hybridized carbons (Fsp3) is 0.364. The molecule has 0 saturated carbocycles. The lowest BCUT2D eigenvalue weighted by atomic mass is 10.1. The van der Waals surface area contributed by atoms with Gasteiger partial charge in [0.05, 0.1) is 19.5 Å². The second-order valence-corrected chi connectivity index (χ2v) is 4.89. The van der Waals surface area contributed by atoms with Gasteiger partial charge in [0.25, 0.3) is 5.92 Å². The lowest BCUT2D eigenvalue weighted by molar-refractivity contribution is -0.122. The van der Waals surface area contributed by atoms with Crippen LogP contribution in [0.15, 0.2) is 24.3 Å². The summed E-state index contributed by atoms with van der Waals surface area (Å²) in [5, 5.41) is 2.17. The van der Waals surface area contributed by atoms with Crippen LogP contribution in [0.4, 0.5) is 8.78 Å². The highest BCUT2D eigenvalue weighted by Crippen LogP contribution is 2.10. The SMILES string of the molecule is Cl.NCC(F)(F)CNC(=O)Cc1cccc(I)c1. The third-order valence-electron chi connectivity index (χ3n) is 2.10. The van der Waals surface area contributed by atoms with Crippen LogP contribution in [0.1, 0.15) is 5.56 Å². The first-order valence-electron chi connectivity index (χ1n) is 5.02. The summed E-state index contributed by atoms with van der Waals surface area (Å²) in [6.07, 6.45) is 0.0947. The van der Waals surface area contributed by atoms with Crippen LogP contribution in [-0.2, 0) is 11.2 Å². The van der Waals surface area contributed by atoms with Crippen molar-refractivity contribution in [1.82, 2.24) is 5.32 Å². The molecule has 0 radical (unpaired) electrons. The van der Waals surface area contributed by atoms with Crippen LogP contribution in [0.25, 0.3) is 0 Å². The Morgan fingerprint density at radius 3 is 2.67 bits per heavy atom. The molecule has 0 fully saturated rings. The maximum absolute atomic E-state index is 12.8. The van der Waals surface area contributed by atoms with E-state index >= 15 is 0 Å². The number of halogens is 4.